The highest BCUT2D eigenvalue weighted by molar-refractivity contribution is 7.59. The molecule has 0 radical (unpaired) electrons. The molecule has 3 aromatic carbocycles. The minimum Gasteiger partial charge on any atom is -0.377 e. The van der Waals surface area contributed by atoms with Gasteiger partial charge in [0.2, 0.25) is 7.37 Å². The highest BCUT2D eigenvalue weighted by Crippen LogP contribution is 2.59. The fraction of sp³-hybridized carbons (Fsp3) is 0.276. The summed E-state index contributed by atoms with van der Waals surface area (Å²) in [6, 6.07) is 30.7. The topological polar surface area (TPSA) is 64.3 Å². The molecule has 0 aliphatic heterocycles. The van der Waals surface area contributed by atoms with Crippen molar-refractivity contribution in [3.8, 4) is 0 Å². The maximum atomic E-state index is 13.6. The van der Waals surface area contributed by atoms with Crippen LogP contribution in [0.25, 0.3) is 0 Å². The zero-order valence-electron chi connectivity index (χ0n) is 20.3. The molecule has 182 valence electrons. The first kappa shape index (κ1) is 25.1. The fourth-order valence-electron chi connectivity index (χ4n) is 4.70. The molecule has 0 bridgehead atoms. The minimum absolute atomic E-state index is 0.279. The lowest BCUT2D eigenvalue weighted by atomic mass is 9.77. The van der Waals surface area contributed by atoms with Gasteiger partial charge in [0.05, 0.1) is 18.6 Å². The summed E-state index contributed by atoms with van der Waals surface area (Å²) >= 11 is 0. The molecule has 5 nitrogen and oxygen atoms in total. The van der Waals surface area contributed by atoms with E-state index in [4.69, 9.17) is 4.52 Å². The Hall–Kier alpha value is -2.98. The van der Waals surface area contributed by atoms with Crippen LogP contribution in [-0.4, -0.2) is 27.4 Å². The first-order valence-corrected chi connectivity index (χ1v) is 14.1. The molecular formula is C29H33N2O3P. The summed E-state index contributed by atoms with van der Waals surface area (Å²) in [7, 11) is -3.32. The smallest absolute Gasteiger partial charge is 0.236 e. The van der Waals surface area contributed by atoms with Gasteiger partial charge in [0, 0.05) is 12.4 Å². The first-order valence-electron chi connectivity index (χ1n) is 12.2. The van der Waals surface area contributed by atoms with Crippen molar-refractivity contribution >= 4 is 7.37 Å². The second kappa shape index (κ2) is 11.2. The number of aliphatic hydroxyl groups excluding tert-OH is 1. The zero-order valence-corrected chi connectivity index (χ0v) is 21.2. The summed E-state index contributed by atoms with van der Waals surface area (Å²) in [5, 5.41) is 11.2. The average Bonchev–Trinajstić information content (AvgIpc) is 3.40. The lowest BCUT2D eigenvalue weighted by Gasteiger charge is -2.37. The maximum Gasteiger partial charge on any atom is 0.236 e. The Bertz CT molecular complexity index is 1150. The van der Waals surface area contributed by atoms with Crippen LogP contribution in [0.3, 0.4) is 0 Å². The van der Waals surface area contributed by atoms with E-state index in [0.29, 0.717) is 11.9 Å². The summed E-state index contributed by atoms with van der Waals surface area (Å²) in [6.07, 6.45) is 5.46. The Labute approximate surface area is 207 Å². The van der Waals surface area contributed by atoms with Crippen LogP contribution in [0.4, 0.5) is 0 Å². The number of unbranched alkanes of at least 4 members (excludes halogenated alkanes) is 1. The number of hydrogen-bond donors (Lipinski definition) is 1. The second-order valence-electron chi connectivity index (χ2n) is 8.61. The van der Waals surface area contributed by atoms with Crippen molar-refractivity contribution in [3.63, 3.8) is 0 Å². The number of nitrogens with zero attached hydrogens (tertiary/aromatic N) is 2. The molecule has 1 heterocycles. The lowest BCUT2D eigenvalue weighted by Crippen LogP contribution is -2.37. The summed E-state index contributed by atoms with van der Waals surface area (Å²) in [5.74, 6) is -1.28. The van der Waals surface area contributed by atoms with Gasteiger partial charge in [-0.2, -0.15) is 0 Å². The van der Waals surface area contributed by atoms with E-state index in [9.17, 15) is 9.67 Å². The summed E-state index contributed by atoms with van der Waals surface area (Å²) in [4.78, 5) is 4.58. The van der Waals surface area contributed by atoms with Gasteiger partial charge in [0.25, 0.3) is 0 Å². The van der Waals surface area contributed by atoms with Crippen molar-refractivity contribution in [2.45, 2.75) is 38.1 Å². The molecule has 0 fully saturated rings. The Kier molecular flexibility index (Phi) is 8.02. The molecule has 0 saturated heterocycles. The molecule has 2 atom stereocenters. The van der Waals surface area contributed by atoms with E-state index in [2.05, 4.69) is 41.4 Å². The van der Waals surface area contributed by atoms with Crippen LogP contribution in [-0.2, 0) is 14.6 Å². The summed E-state index contributed by atoms with van der Waals surface area (Å²) in [5.41, 5.74) is 2.76. The molecule has 1 aromatic heterocycles. The largest absolute Gasteiger partial charge is 0.377 e. The standard InChI is InChI=1S/C29H33N2O3P/c1-3-5-21-35(33,34-4-2)28(32)27-22-31(23-30-27)29(24-15-9-6-10-16-24,25-17-11-7-12-18-25)26-19-13-8-14-20-26/h6-20,22-23,28,32H,3-5,21H2,1-2H3. The molecule has 1 N–H and O–H groups in total. The fourth-order valence-corrected chi connectivity index (χ4v) is 6.94. The van der Waals surface area contributed by atoms with Gasteiger partial charge in [-0.3, -0.25) is 4.57 Å². The van der Waals surface area contributed by atoms with Crippen molar-refractivity contribution in [3.05, 3.63) is 126 Å². The zero-order chi connectivity index (χ0) is 24.7. The Morgan fingerprint density at radius 2 is 1.37 bits per heavy atom. The minimum atomic E-state index is -3.32. The molecule has 0 aliphatic rings. The van der Waals surface area contributed by atoms with Gasteiger partial charge in [-0.1, -0.05) is 104 Å². The number of benzene rings is 3. The molecule has 0 saturated carbocycles. The van der Waals surface area contributed by atoms with Crippen LogP contribution in [0.5, 0.6) is 0 Å². The Morgan fingerprint density at radius 3 is 1.80 bits per heavy atom. The van der Waals surface area contributed by atoms with E-state index in [1.54, 1.807) is 13.3 Å². The third kappa shape index (κ3) is 4.90. The predicted molar refractivity (Wildman–Crippen MR) is 141 cm³/mol. The number of imidazole rings is 1. The monoisotopic (exact) mass is 488 g/mol. The molecule has 0 amide bonds. The van der Waals surface area contributed by atoms with Crippen molar-refractivity contribution < 1.29 is 14.2 Å². The van der Waals surface area contributed by atoms with E-state index >= 15 is 0 Å². The van der Waals surface area contributed by atoms with Gasteiger partial charge < -0.3 is 14.2 Å². The van der Waals surface area contributed by atoms with Crippen LogP contribution in [0, 0.1) is 0 Å². The predicted octanol–water partition coefficient (Wildman–Crippen LogP) is 6.83. The van der Waals surface area contributed by atoms with Crippen molar-refractivity contribution in [2.24, 2.45) is 0 Å². The highest BCUT2D eigenvalue weighted by atomic mass is 31.2. The van der Waals surface area contributed by atoms with Crippen LogP contribution < -0.4 is 0 Å². The summed E-state index contributed by atoms with van der Waals surface area (Å²) in [6.45, 7) is 4.11. The van der Waals surface area contributed by atoms with Gasteiger partial charge in [-0.25, -0.2) is 4.98 Å². The molecule has 0 spiro atoms. The van der Waals surface area contributed by atoms with Crippen LogP contribution in [0.15, 0.2) is 104 Å². The van der Waals surface area contributed by atoms with Crippen LogP contribution in [0.2, 0.25) is 0 Å². The number of hydrogen-bond acceptors (Lipinski definition) is 4. The Balaban J connectivity index is 1.92. The van der Waals surface area contributed by atoms with E-state index in [1.807, 2.05) is 72.3 Å². The maximum absolute atomic E-state index is 13.6. The van der Waals surface area contributed by atoms with Gasteiger partial charge in [0.15, 0.2) is 5.85 Å². The van der Waals surface area contributed by atoms with Crippen LogP contribution >= 0.6 is 7.37 Å². The quantitative estimate of drug-likeness (QED) is 0.186. The summed E-state index contributed by atoms with van der Waals surface area (Å²) < 4.78 is 21.3. The van der Waals surface area contributed by atoms with Crippen molar-refractivity contribution in [1.29, 1.82) is 0 Å². The van der Waals surface area contributed by atoms with Gasteiger partial charge >= 0.3 is 0 Å². The van der Waals surface area contributed by atoms with Crippen molar-refractivity contribution in [1.82, 2.24) is 9.55 Å². The van der Waals surface area contributed by atoms with E-state index in [-0.39, 0.29) is 6.61 Å². The third-order valence-corrected chi connectivity index (χ3v) is 9.02. The lowest BCUT2D eigenvalue weighted by molar-refractivity contribution is 0.209. The van der Waals surface area contributed by atoms with Gasteiger partial charge in [-0.15, -0.1) is 0 Å². The third-order valence-electron chi connectivity index (χ3n) is 6.37. The molecule has 4 rings (SSSR count). The van der Waals surface area contributed by atoms with E-state index in [0.717, 1.165) is 29.5 Å². The molecular weight excluding hydrogens is 455 g/mol. The van der Waals surface area contributed by atoms with Gasteiger partial charge in [0.1, 0.15) is 5.54 Å². The molecule has 6 heteroatoms. The van der Waals surface area contributed by atoms with Crippen LogP contribution in [0.1, 0.15) is 54.9 Å². The second-order valence-corrected chi connectivity index (χ2v) is 11.3. The molecule has 0 aliphatic carbocycles. The van der Waals surface area contributed by atoms with Gasteiger partial charge in [-0.05, 0) is 30.0 Å². The van der Waals surface area contributed by atoms with Crippen molar-refractivity contribution in [2.75, 3.05) is 12.8 Å². The molecule has 4 aromatic rings. The number of rotatable bonds is 11. The van der Waals surface area contributed by atoms with E-state index in [1.165, 1.54) is 0 Å². The number of aromatic nitrogens is 2. The van der Waals surface area contributed by atoms with E-state index < -0.39 is 18.8 Å². The Morgan fingerprint density at radius 1 is 0.886 bits per heavy atom. The molecule has 35 heavy (non-hydrogen) atoms. The average molecular weight is 489 g/mol. The first-order chi connectivity index (χ1) is 17.1. The SMILES string of the molecule is CCCCP(=O)(OCC)C(O)c1cn(C(c2ccccc2)(c2ccccc2)c2ccccc2)cn1. The highest BCUT2D eigenvalue weighted by Gasteiger charge is 2.40. The normalized spacial score (nSPS) is 14.4. The molecule has 2 unspecified atom stereocenters. The number of aliphatic hydroxyl groups is 1.